The second-order valence-corrected chi connectivity index (χ2v) is 22.0. The van der Waals surface area contributed by atoms with Gasteiger partial charge in [0.05, 0.1) is 12.0 Å². The van der Waals surface area contributed by atoms with E-state index in [4.69, 9.17) is 37.0 Å². The molecule has 0 aliphatic carbocycles. The molecule has 0 aromatic heterocycles. The molecule has 4 rings (SSSR count). The number of nitrogens with two attached hydrogens (primary N) is 2. The Hall–Kier alpha value is -4.80. The van der Waals surface area contributed by atoms with Crippen LogP contribution in [0.15, 0.2) is 127 Å². The molecule has 0 bridgehead atoms. The third-order valence-electron chi connectivity index (χ3n) is 10.7. The van der Waals surface area contributed by atoms with Crippen LogP contribution < -0.4 is 11.5 Å². The van der Waals surface area contributed by atoms with E-state index in [1.807, 2.05) is 77.1 Å². The van der Waals surface area contributed by atoms with Gasteiger partial charge in [-0.25, -0.2) is 4.79 Å². The van der Waals surface area contributed by atoms with Crippen LogP contribution in [0.3, 0.4) is 0 Å². The summed E-state index contributed by atoms with van der Waals surface area (Å²) in [6.45, 7) is 63.8. The first kappa shape index (κ1) is 207. The Morgan fingerprint density at radius 2 is 0.606 bits per heavy atom. The first-order valence-corrected chi connectivity index (χ1v) is 35.7. The van der Waals surface area contributed by atoms with Crippen LogP contribution in [-0.2, 0) is 9.59 Å². The van der Waals surface area contributed by atoms with Gasteiger partial charge in [-0.15, -0.1) is 0 Å². The van der Waals surface area contributed by atoms with Gasteiger partial charge in [0.2, 0.25) is 0 Å². The summed E-state index contributed by atoms with van der Waals surface area (Å²) in [6, 6.07) is 37.6. The predicted molar refractivity (Wildman–Crippen MR) is 537 cm³/mol. The molecule has 0 saturated heterocycles. The fourth-order valence-electron chi connectivity index (χ4n) is 4.30. The number of aliphatic hydroxyl groups excluding tert-OH is 1. The number of hydrogen-bond donors (Lipinski definition) is 7. The van der Waals surface area contributed by atoms with E-state index in [-0.39, 0.29) is 159 Å². The number of aliphatic carboxylic acids is 2. The van der Waals surface area contributed by atoms with Gasteiger partial charge in [0.15, 0.2) is 5.60 Å². The maximum absolute atomic E-state index is 10.2. The highest BCUT2D eigenvalue weighted by Gasteiger charge is 2.31. The molecule has 1 unspecified atom stereocenters. The minimum absolute atomic E-state index is 0. The summed E-state index contributed by atoms with van der Waals surface area (Å²) in [6.07, 6.45) is 21.9. The zero-order chi connectivity index (χ0) is 74.1. The van der Waals surface area contributed by atoms with Crippen LogP contribution in [0.1, 0.15) is 445 Å². The maximum atomic E-state index is 10.2. The van der Waals surface area contributed by atoms with Crippen molar-refractivity contribution < 1.29 is 35.1 Å². The zero-order valence-corrected chi connectivity index (χ0v) is 66.1. The van der Waals surface area contributed by atoms with Gasteiger partial charge in [-0.3, -0.25) is 4.79 Å². The number of carboxylic acid groups (broad SMARTS) is 2. The molecule has 0 radical (unpaired) electrons. The molecule has 9 nitrogen and oxygen atoms in total. The zero-order valence-electron chi connectivity index (χ0n) is 66.1. The number of allylic oxidation sites excluding steroid dienone is 2. The summed E-state index contributed by atoms with van der Waals surface area (Å²) < 4.78 is 0. The molecule has 0 amide bonds. The Bertz CT molecular complexity index is 1650. The highest BCUT2D eigenvalue weighted by Crippen LogP contribution is 2.14. The third kappa shape index (κ3) is 256. The number of carbonyl (C=O) groups is 2. The molecule has 4 aromatic carbocycles. The molecule has 109 heavy (non-hydrogen) atoms. The standard InChI is InChI=1S/C9H18.C8H10.2C7H8.C6H12O3.C6H12O2.C6H6O.C5H12O.C5H12.C3H9N.6C3H8.C2H7N.18CH4/c1-4-6-7-8-9(3)5-2;1-7-5-3-4-6-8(7)2;2*1-7-5-3-2-4-6-7;1-3-6(9,4-2)5(7)8;1-3-5(4-2)6(7)8;7-6-4-2-1-3-5-6;1-3-5(6)4-2;1-4-5(2)3;1-2-3-4;6*1-3-2;1-2-3;;;;;;;;;;;;;;;;;;/h6-7,9H,4-5,8H2,1-3H3;3-6H,1-2H3;2*2-6H,1H3;9H,3-4H2,1-2H3,(H,7,8);5H,3-4H2,1-2H3,(H,7,8);1-5,7H;5-6H,3-4H2,1-2H3;5H,4H2,1-3H3;2-4H2,1H3;6*3H2,1-2H3;2-3H2,1H3;18*1H4. The van der Waals surface area contributed by atoms with Crippen LogP contribution in [0.2, 0.25) is 0 Å². The maximum Gasteiger partial charge on any atom is 0.335 e. The number of hydrogen-bond acceptors (Lipinski definition) is 7. The SMILES string of the molecule is C.C.C.C.C.C.C.C.C.C.C.C.C.C.C.C.C.C.CCC.CCC.CCC.CCC.CCC.CCC.CCC(C)C.CCC(CC)C(=O)O.CCC(O)(CC)C(=O)O.CCC(O)CC.CCC=CCC(C)CC.CCCN.CCN.Cc1ccccc1.Cc1ccccc1.Cc1ccccc1C.Oc1ccccc1. The van der Waals surface area contributed by atoms with Crippen molar-refractivity contribution in [2.75, 3.05) is 13.1 Å². The van der Waals surface area contributed by atoms with Gasteiger partial charge in [-0.1, -0.05) is 491 Å². The predicted octanol–water partition coefficient (Wildman–Crippen LogP) is 36.7. The lowest BCUT2D eigenvalue weighted by Crippen LogP contribution is -2.36. The summed E-state index contributed by atoms with van der Waals surface area (Å²) in [5.74, 6) is 0.141. The minimum Gasteiger partial charge on any atom is -0.508 e. The number of phenolic OH excluding ortho intramolecular Hbond substituents is 1. The molecule has 0 aliphatic rings. The molecule has 1 atom stereocenters. The third-order valence-corrected chi connectivity index (χ3v) is 10.7. The second kappa shape index (κ2) is 196. The molecule has 0 aliphatic heterocycles. The van der Waals surface area contributed by atoms with Crippen molar-refractivity contribution in [2.45, 2.75) is 462 Å². The quantitative estimate of drug-likeness (QED) is 0.0603. The van der Waals surface area contributed by atoms with E-state index in [9.17, 15) is 9.59 Å². The van der Waals surface area contributed by atoms with E-state index < -0.39 is 17.5 Å². The van der Waals surface area contributed by atoms with Crippen LogP contribution in [0.25, 0.3) is 0 Å². The lowest BCUT2D eigenvalue weighted by Gasteiger charge is -2.18. The molecule has 0 spiro atoms. The number of carboxylic acids is 2. The van der Waals surface area contributed by atoms with Crippen LogP contribution in [0, 0.1) is 45.4 Å². The van der Waals surface area contributed by atoms with E-state index in [1.54, 1.807) is 38.1 Å². The van der Waals surface area contributed by atoms with Crippen LogP contribution >= 0.6 is 0 Å². The van der Waals surface area contributed by atoms with E-state index in [2.05, 4.69) is 220 Å². The van der Waals surface area contributed by atoms with Crippen LogP contribution in [0.4, 0.5) is 0 Å². The van der Waals surface area contributed by atoms with Gasteiger partial charge in [0.1, 0.15) is 5.75 Å². The van der Waals surface area contributed by atoms with E-state index in [0.717, 1.165) is 57.0 Å². The topological polar surface area (TPSA) is 187 Å². The number of benzene rings is 4. The molecule has 0 fully saturated rings. The van der Waals surface area contributed by atoms with Gasteiger partial charge in [0, 0.05) is 0 Å². The van der Waals surface area contributed by atoms with Crippen molar-refractivity contribution in [3.8, 4) is 5.75 Å². The van der Waals surface area contributed by atoms with Crippen LogP contribution in [-0.4, -0.2) is 62.3 Å². The van der Waals surface area contributed by atoms with Crippen molar-refractivity contribution in [2.24, 2.45) is 29.2 Å². The van der Waals surface area contributed by atoms with E-state index in [1.165, 1.54) is 86.5 Å². The lowest BCUT2D eigenvalue weighted by atomic mass is 9.98. The Morgan fingerprint density at radius 1 is 0.385 bits per heavy atom. The average Bonchev–Trinajstić information content (AvgIpc) is 0.902. The molecule has 9 N–H and O–H groups in total. The van der Waals surface area contributed by atoms with Gasteiger partial charge >= 0.3 is 11.9 Å². The number of para-hydroxylation sites is 1. The molecule has 4 aromatic rings. The monoisotopic (exact) mass is 1580 g/mol. The average molecular weight is 1580 g/mol. The summed E-state index contributed by atoms with van der Waals surface area (Å²) in [5.41, 5.74) is 13.8. The molecular weight excluding hydrogens is 1340 g/mol. The van der Waals surface area contributed by atoms with Gasteiger partial charge in [-0.2, -0.15) is 0 Å². The summed E-state index contributed by atoms with van der Waals surface area (Å²) >= 11 is 0. The summed E-state index contributed by atoms with van der Waals surface area (Å²) in [5, 5.41) is 43.2. The van der Waals surface area contributed by atoms with Crippen molar-refractivity contribution in [3.05, 3.63) is 150 Å². The molecule has 9 heteroatoms. The first-order chi connectivity index (χ1) is 43.0. The number of aliphatic hydroxyl groups is 2. The normalized spacial score (nSPS) is 7.64. The van der Waals surface area contributed by atoms with E-state index in [0.29, 0.717) is 5.75 Å². The summed E-state index contributed by atoms with van der Waals surface area (Å²) in [4.78, 5) is 20.4. The van der Waals surface area contributed by atoms with Crippen molar-refractivity contribution in [1.29, 1.82) is 0 Å². The van der Waals surface area contributed by atoms with Crippen molar-refractivity contribution >= 4 is 11.9 Å². The smallest absolute Gasteiger partial charge is 0.335 e. The fourth-order valence-corrected chi connectivity index (χ4v) is 4.30. The van der Waals surface area contributed by atoms with E-state index >= 15 is 0 Å². The Morgan fingerprint density at radius 3 is 0.688 bits per heavy atom. The van der Waals surface area contributed by atoms with Crippen LogP contribution in [0.5, 0.6) is 5.75 Å². The highest BCUT2D eigenvalue weighted by atomic mass is 16.4. The Balaban J connectivity index is -0.0000000205. The van der Waals surface area contributed by atoms with Gasteiger partial charge in [-0.05, 0) is 134 Å². The number of rotatable bonds is 14. The number of aromatic hydroxyl groups is 1. The molecule has 0 heterocycles. The minimum atomic E-state index is -1.50. The molecule has 0 saturated carbocycles. The van der Waals surface area contributed by atoms with Gasteiger partial charge in [0.25, 0.3) is 0 Å². The second-order valence-electron chi connectivity index (χ2n) is 22.0. The molecule has 686 valence electrons. The highest BCUT2D eigenvalue weighted by molar-refractivity contribution is 5.76. The van der Waals surface area contributed by atoms with Crippen molar-refractivity contribution in [1.82, 2.24) is 0 Å². The Kier molecular flexibility index (Phi) is 372. The largest absolute Gasteiger partial charge is 0.508 e. The van der Waals surface area contributed by atoms with Gasteiger partial charge < -0.3 is 37.0 Å². The number of aryl methyl sites for hydroxylation is 4. The summed E-state index contributed by atoms with van der Waals surface area (Å²) in [7, 11) is 0. The fraction of sp³-hybridized carbons (Fsp3) is 0.720. The lowest BCUT2D eigenvalue weighted by molar-refractivity contribution is -0.159. The Labute approximate surface area is 703 Å². The first-order valence-electron chi connectivity index (χ1n) is 35.7. The number of phenols is 1. The molecular formula is C100H234N2O7. The van der Waals surface area contributed by atoms with Crippen molar-refractivity contribution in [3.63, 3.8) is 0 Å².